The maximum absolute atomic E-state index is 12.5. The lowest BCUT2D eigenvalue weighted by Gasteiger charge is -2.10. The molecular weight excluding hydrogens is 361 g/mol. The van der Waals surface area contributed by atoms with Gasteiger partial charge in [0.2, 0.25) is 21.9 Å². The van der Waals surface area contributed by atoms with Crippen molar-refractivity contribution < 1.29 is 27.4 Å². The van der Waals surface area contributed by atoms with E-state index in [0.29, 0.717) is 6.61 Å². The summed E-state index contributed by atoms with van der Waals surface area (Å²) in [5.41, 5.74) is 0.106. The predicted octanol–water partition coefficient (Wildman–Crippen LogP) is 3.25. The number of carbonyl (C=O) groups is 1. The number of anilines is 1. The number of alkyl halides is 3. The minimum absolute atomic E-state index is 0.106. The third-order valence-electron chi connectivity index (χ3n) is 2.70. The van der Waals surface area contributed by atoms with E-state index in [4.69, 9.17) is 9.47 Å². The van der Waals surface area contributed by atoms with Crippen LogP contribution in [0.4, 0.5) is 18.3 Å². The smallest absolute Gasteiger partial charge is 0.445 e. The Bertz CT molecular complexity index is 749. The van der Waals surface area contributed by atoms with Gasteiger partial charge in [0.05, 0.1) is 19.3 Å². The normalized spacial score (nSPS) is 11.5. The quantitative estimate of drug-likeness (QED) is 0.833. The molecule has 0 bridgehead atoms. The lowest BCUT2D eigenvalue weighted by Crippen LogP contribution is -2.13. The molecule has 0 aliphatic rings. The molecule has 1 N–H and O–H groups in total. The Balaban J connectivity index is 2.17. The molecule has 0 spiro atoms. The van der Waals surface area contributed by atoms with Gasteiger partial charge in [-0.1, -0.05) is 25.2 Å². The van der Waals surface area contributed by atoms with Gasteiger partial charge in [-0.2, -0.15) is 18.2 Å². The third kappa shape index (κ3) is 5.28. The van der Waals surface area contributed by atoms with Crippen molar-refractivity contribution in [3.8, 4) is 11.8 Å². The molecule has 25 heavy (non-hydrogen) atoms. The monoisotopic (exact) mass is 376 g/mol. The first kappa shape index (κ1) is 18.9. The van der Waals surface area contributed by atoms with Crippen LogP contribution in [0.25, 0.3) is 0 Å². The van der Waals surface area contributed by atoms with Crippen LogP contribution in [0.2, 0.25) is 0 Å². The number of rotatable bonds is 6. The molecule has 11 heteroatoms. The molecule has 136 valence electrons. The maximum atomic E-state index is 12.5. The molecule has 0 unspecified atom stereocenters. The highest BCUT2D eigenvalue weighted by atomic mass is 32.1. The Morgan fingerprint density at radius 1 is 1.28 bits per heavy atom. The second-order valence-corrected chi connectivity index (χ2v) is 6.28. The van der Waals surface area contributed by atoms with Crippen molar-refractivity contribution >= 4 is 22.4 Å². The van der Waals surface area contributed by atoms with E-state index < -0.39 is 17.1 Å². The molecular formula is C14H15F3N4O3S. The van der Waals surface area contributed by atoms with Crippen molar-refractivity contribution in [2.24, 2.45) is 5.92 Å². The zero-order valence-electron chi connectivity index (χ0n) is 13.5. The van der Waals surface area contributed by atoms with Gasteiger partial charge in [-0.15, -0.1) is 10.2 Å². The second-order valence-electron chi connectivity index (χ2n) is 5.31. The minimum Gasteiger partial charge on any atom is -0.481 e. The van der Waals surface area contributed by atoms with Crippen LogP contribution in [-0.4, -0.2) is 34.8 Å². The van der Waals surface area contributed by atoms with Gasteiger partial charge >= 0.3 is 6.18 Å². The van der Waals surface area contributed by atoms with Crippen LogP contribution in [0.3, 0.4) is 0 Å². The topological polar surface area (TPSA) is 86.2 Å². The number of pyridine rings is 1. The third-order valence-corrected chi connectivity index (χ3v) is 3.59. The van der Waals surface area contributed by atoms with Gasteiger partial charge in [0.1, 0.15) is 0 Å². The second kappa shape index (κ2) is 7.64. The fourth-order valence-corrected chi connectivity index (χ4v) is 2.21. The van der Waals surface area contributed by atoms with Gasteiger partial charge in [-0.05, 0) is 5.92 Å². The van der Waals surface area contributed by atoms with Crippen molar-refractivity contribution in [3.05, 3.63) is 22.7 Å². The van der Waals surface area contributed by atoms with Crippen molar-refractivity contribution in [2.75, 3.05) is 19.0 Å². The Morgan fingerprint density at radius 2 is 1.96 bits per heavy atom. The number of halogens is 3. The number of hydrogen-bond donors (Lipinski definition) is 1. The Labute approximate surface area is 145 Å². The number of aromatic nitrogens is 3. The number of methoxy groups -OCH3 is 1. The maximum Gasteiger partial charge on any atom is 0.445 e. The van der Waals surface area contributed by atoms with Gasteiger partial charge in [-0.3, -0.25) is 10.1 Å². The summed E-state index contributed by atoms with van der Waals surface area (Å²) >= 11 is 0.234. The molecule has 0 saturated heterocycles. The van der Waals surface area contributed by atoms with Crippen LogP contribution in [0, 0.1) is 5.92 Å². The number of nitrogens with one attached hydrogen (secondary N) is 1. The number of ether oxygens (including phenoxy) is 2. The Morgan fingerprint density at radius 3 is 2.52 bits per heavy atom. The molecule has 0 aromatic carbocycles. The summed E-state index contributed by atoms with van der Waals surface area (Å²) in [5.74, 6) is -0.126. The predicted molar refractivity (Wildman–Crippen MR) is 84.0 cm³/mol. The summed E-state index contributed by atoms with van der Waals surface area (Å²) < 4.78 is 48.0. The molecule has 0 fully saturated rings. The number of carbonyl (C=O) groups excluding carboxylic acids is 1. The van der Waals surface area contributed by atoms with E-state index in [-0.39, 0.29) is 39.7 Å². The minimum atomic E-state index is -4.61. The first-order valence-electron chi connectivity index (χ1n) is 7.10. The molecule has 0 aliphatic carbocycles. The van der Waals surface area contributed by atoms with E-state index in [9.17, 15) is 18.0 Å². The van der Waals surface area contributed by atoms with Crippen LogP contribution < -0.4 is 14.8 Å². The molecule has 2 aromatic heterocycles. The van der Waals surface area contributed by atoms with Gasteiger partial charge in [0.15, 0.2) is 0 Å². The van der Waals surface area contributed by atoms with E-state index >= 15 is 0 Å². The Hall–Kier alpha value is -2.43. The largest absolute Gasteiger partial charge is 0.481 e. The molecule has 0 radical (unpaired) electrons. The first-order chi connectivity index (χ1) is 11.7. The van der Waals surface area contributed by atoms with Crippen molar-refractivity contribution in [3.63, 3.8) is 0 Å². The lowest BCUT2D eigenvalue weighted by atomic mass is 10.2. The fraction of sp³-hybridized carbons (Fsp3) is 0.429. The highest BCUT2D eigenvalue weighted by Gasteiger charge is 2.35. The van der Waals surface area contributed by atoms with Gasteiger partial charge < -0.3 is 9.47 Å². The summed E-state index contributed by atoms with van der Waals surface area (Å²) in [6, 6.07) is 2.70. The summed E-state index contributed by atoms with van der Waals surface area (Å²) in [6.45, 7) is 4.27. The zero-order chi connectivity index (χ0) is 18.6. The Kier molecular flexibility index (Phi) is 5.77. The van der Waals surface area contributed by atoms with E-state index in [0.717, 1.165) is 0 Å². The van der Waals surface area contributed by atoms with Gasteiger partial charge in [0, 0.05) is 12.1 Å². The van der Waals surface area contributed by atoms with Crippen LogP contribution in [0.5, 0.6) is 11.8 Å². The SMILES string of the molecule is COc1cc(C(=O)Nc2nnc(C(F)(F)F)s2)cc(OCC(C)C)n1. The van der Waals surface area contributed by atoms with Gasteiger partial charge in [-0.25, -0.2) is 0 Å². The highest BCUT2D eigenvalue weighted by molar-refractivity contribution is 7.15. The first-order valence-corrected chi connectivity index (χ1v) is 7.91. The summed E-state index contributed by atoms with van der Waals surface area (Å²) in [5, 5.41) is 7.17. The van der Waals surface area contributed by atoms with Crippen molar-refractivity contribution in [2.45, 2.75) is 20.0 Å². The average molecular weight is 376 g/mol. The van der Waals surface area contributed by atoms with E-state index in [2.05, 4.69) is 20.5 Å². The standard InChI is InChI=1S/C14H15F3N4O3S/c1-7(2)6-24-10-5-8(4-9(18-10)23-3)11(22)19-13-21-20-12(25-13)14(15,16)17/h4-5,7H,6H2,1-3H3,(H,19,21,22). The summed E-state index contributed by atoms with van der Waals surface area (Å²) in [7, 11) is 1.37. The molecule has 0 aliphatic heterocycles. The number of amides is 1. The average Bonchev–Trinajstić information content (AvgIpc) is 3.01. The molecule has 1 amide bonds. The van der Waals surface area contributed by atoms with Crippen molar-refractivity contribution in [1.82, 2.24) is 15.2 Å². The fourth-order valence-electron chi connectivity index (χ4n) is 1.60. The molecule has 0 saturated carbocycles. The van der Waals surface area contributed by atoms with Crippen LogP contribution >= 0.6 is 11.3 Å². The molecule has 0 atom stereocenters. The van der Waals surface area contributed by atoms with E-state index in [1.54, 1.807) is 0 Å². The molecule has 7 nitrogen and oxygen atoms in total. The van der Waals surface area contributed by atoms with Gasteiger partial charge in [0.25, 0.3) is 5.91 Å². The van der Waals surface area contributed by atoms with Crippen LogP contribution in [0.1, 0.15) is 29.2 Å². The lowest BCUT2D eigenvalue weighted by molar-refractivity contribution is -0.138. The summed E-state index contributed by atoms with van der Waals surface area (Å²) in [4.78, 5) is 16.3. The molecule has 2 rings (SSSR count). The molecule has 2 aromatic rings. The highest BCUT2D eigenvalue weighted by Crippen LogP contribution is 2.33. The van der Waals surface area contributed by atoms with E-state index in [1.807, 2.05) is 13.8 Å². The summed E-state index contributed by atoms with van der Waals surface area (Å²) in [6.07, 6.45) is -4.61. The van der Waals surface area contributed by atoms with Crippen molar-refractivity contribution in [1.29, 1.82) is 0 Å². The number of nitrogens with zero attached hydrogens (tertiary/aromatic N) is 3. The zero-order valence-corrected chi connectivity index (χ0v) is 14.4. The van der Waals surface area contributed by atoms with E-state index in [1.165, 1.54) is 19.2 Å². The van der Waals surface area contributed by atoms with Crippen LogP contribution in [0.15, 0.2) is 12.1 Å². The number of hydrogen-bond acceptors (Lipinski definition) is 7. The van der Waals surface area contributed by atoms with Crippen LogP contribution in [-0.2, 0) is 6.18 Å². The molecule has 2 heterocycles.